The van der Waals surface area contributed by atoms with Crippen molar-refractivity contribution in [2.45, 2.75) is 74.8 Å². The standard InChI is InChI=1S/C30H38O15/c1-14-23(36)24(37)25(38)30(42-14)45-28-26(39)29(41-10-9-16-4-7-18(33)20(12-16)40-2)43-21(13-31)27(28)44-22(35)8-5-15-3-6-17(32)19(34)11-15/h3-8,11-12,14,21,23-34,36-39H,9-10,13H2,1-2H3/b8-5+/t14-,21+,23-,24+,25+,26+,27+,28+,29+,30-/m0/s1. The zero-order valence-corrected chi connectivity index (χ0v) is 24.4. The van der Waals surface area contributed by atoms with E-state index >= 15 is 0 Å². The van der Waals surface area contributed by atoms with E-state index in [1.807, 2.05) is 0 Å². The van der Waals surface area contributed by atoms with E-state index < -0.39 is 79.7 Å². The Morgan fingerprint density at radius 3 is 2.29 bits per heavy atom. The van der Waals surface area contributed by atoms with Gasteiger partial charge in [0, 0.05) is 6.08 Å². The van der Waals surface area contributed by atoms with Crippen molar-refractivity contribution in [3.05, 3.63) is 53.6 Å². The van der Waals surface area contributed by atoms with Gasteiger partial charge in [-0.3, -0.25) is 0 Å². The molecular formula is C30H38O15. The molecule has 0 saturated carbocycles. The second kappa shape index (κ2) is 15.2. The molecule has 2 aromatic carbocycles. The number of carbonyl (C=O) groups is 1. The third-order valence-corrected chi connectivity index (χ3v) is 7.47. The molecule has 0 amide bonds. The van der Waals surface area contributed by atoms with Crippen LogP contribution >= 0.6 is 0 Å². The summed E-state index contributed by atoms with van der Waals surface area (Å²) in [7, 11) is 1.40. The van der Waals surface area contributed by atoms with E-state index in [1.165, 1.54) is 44.4 Å². The van der Waals surface area contributed by atoms with Gasteiger partial charge in [-0.1, -0.05) is 12.1 Å². The summed E-state index contributed by atoms with van der Waals surface area (Å²) < 4.78 is 33.5. The van der Waals surface area contributed by atoms with Gasteiger partial charge in [0.05, 0.1) is 26.4 Å². The Hall–Kier alpha value is -3.51. The van der Waals surface area contributed by atoms with Gasteiger partial charge in [0.1, 0.15) is 36.6 Å². The predicted octanol–water partition coefficient (Wildman–Crippen LogP) is -0.713. The Morgan fingerprint density at radius 1 is 0.867 bits per heavy atom. The van der Waals surface area contributed by atoms with Crippen LogP contribution in [0.1, 0.15) is 18.1 Å². The lowest BCUT2D eigenvalue weighted by molar-refractivity contribution is -0.357. The lowest BCUT2D eigenvalue weighted by Crippen LogP contribution is -2.65. The topological polar surface area (TPSA) is 234 Å². The number of methoxy groups -OCH3 is 1. The summed E-state index contributed by atoms with van der Waals surface area (Å²) in [5, 5.41) is 81.3. The quantitative estimate of drug-likeness (QED) is 0.0862. The van der Waals surface area contributed by atoms with E-state index in [4.69, 9.17) is 28.4 Å². The molecule has 15 nitrogen and oxygen atoms in total. The van der Waals surface area contributed by atoms with Gasteiger partial charge < -0.3 is 69.3 Å². The maximum Gasteiger partial charge on any atom is 0.331 e. The van der Waals surface area contributed by atoms with E-state index in [-0.39, 0.29) is 23.9 Å². The number of aliphatic hydroxyl groups is 5. The normalized spacial score (nSPS) is 32.0. The van der Waals surface area contributed by atoms with Crippen LogP contribution in [0.3, 0.4) is 0 Å². The molecule has 2 heterocycles. The molecule has 8 N–H and O–H groups in total. The summed E-state index contributed by atoms with van der Waals surface area (Å²) in [6.45, 7) is 0.694. The number of hydrogen-bond donors (Lipinski definition) is 8. The van der Waals surface area contributed by atoms with Crippen LogP contribution in [0.15, 0.2) is 42.5 Å². The van der Waals surface area contributed by atoms with Gasteiger partial charge in [0.2, 0.25) is 0 Å². The molecular weight excluding hydrogens is 600 g/mol. The summed E-state index contributed by atoms with van der Waals surface area (Å²) in [5.41, 5.74) is 1.07. The molecule has 2 aliphatic rings. The van der Waals surface area contributed by atoms with E-state index in [2.05, 4.69) is 0 Å². The monoisotopic (exact) mass is 638 g/mol. The molecule has 2 fully saturated rings. The molecule has 0 aliphatic carbocycles. The zero-order valence-electron chi connectivity index (χ0n) is 24.4. The molecule has 2 aliphatic heterocycles. The van der Waals surface area contributed by atoms with Gasteiger partial charge in [0.25, 0.3) is 0 Å². The highest BCUT2D eigenvalue weighted by molar-refractivity contribution is 5.87. The maximum absolute atomic E-state index is 12.8. The van der Waals surface area contributed by atoms with Crippen molar-refractivity contribution in [2.75, 3.05) is 20.3 Å². The van der Waals surface area contributed by atoms with Crippen molar-refractivity contribution >= 4 is 12.0 Å². The van der Waals surface area contributed by atoms with Crippen molar-refractivity contribution in [1.82, 2.24) is 0 Å². The van der Waals surface area contributed by atoms with Gasteiger partial charge >= 0.3 is 5.97 Å². The highest BCUT2D eigenvalue weighted by Crippen LogP contribution is 2.32. The van der Waals surface area contributed by atoms with Crippen molar-refractivity contribution in [3.63, 3.8) is 0 Å². The number of phenolic OH excluding ortho intramolecular Hbond substituents is 3. The highest BCUT2D eigenvalue weighted by atomic mass is 16.7. The van der Waals surface area contributed by atoms with Gasteiger partial charge in [0.15, 0.2) is 41.7 Å². The van der Waals surface area contributed by atoms with Crippen molar-refractivity contribution < 1.29 is 74.1 Å². The Kier molecular flexibility index (Phi) is 11.6. The molecule has 0 bridgehead atoms. The molecule has 0 unspecified atom stereocenters. The molecule has 0 radical (unpaired) electrons. The van der Waals surface area contributed by atoms with Crippen LogP contribution in [0.25, 0.3) is 6.08 Å². The maximum atomic E-state index is 12.8. The predicted molar refractivity (Wildman–Crippen MR) is 152 cm³/mol. The first-order valence-electron chi connectivity index (χ1n) is 14.1. The zero-order chi connectivity index (χ0) is 32.8. The first-order chi connectivity index (χ1) is 21.4. The minimum atomic E-state index is -1.76. The number of aromatic hydroxyl groups is 3. The van der Waals surface area contributed by atoms with Crippen LogP contribution < -0.4 is 4.74 Å². The Balaban J connectivity index is 1.52. The summed E-state index contributed by atoms with van der Waals surface area (Å²) in [6, 6.07) is 8.54. The second-order valence-electron chi connectivity index (χ2n) is 10.6. The van der Waals surface area contributed by atoms with Crippen LogP contribution in [0.4, 0.5) is 0 Å². The third-order valence-electron chi connectivity index (χ3n) is 7.47. The SMILES string of the molecule is COc1cc(CCO[C@@H]2O[C@H](CO)[C@@H](OC(=O)/C=C/c3ccc(O)c(O)c3)[C@H](O[C@@H]3O[C@@H](C)[C@H](O)[C@@H](O)[C@H]3O)[C@H]2O)ccc1O. The summed E-state index contributed by atoms with van der Waals surface area (Å²) in [6.07, 6.45) is -12.3. The number of phenols is 3. The number of ether oxygens (including phenoxy) is 6. The molecule has 45 heavy (non-hydrogen) atoms. The second-order valence-corrected chi connectivity index (χ2v) is 10.6. The minimum absolute atomic E-state index is 0.0162. The number of hydrogen-bond acceptors (Lipinski definition) is 15. The average Bonchev–Trinajstić information content (AvgIpc) is 3.02. The first kappa shape index (κ1) is 34.4. The molecule has 0 aromatic heterocycles. The number of rotatable bonds is 11. The molecule has 10 atom stereocenters. The fraction of sp³-hybridized carbons (Fsp3) is 0.500. The Bertz CT molecular complexity index is 1320. The van der Waals surface area contributed by atoms with Gasteiger partial charge in [-0.05, 0) is 54.8 Å². The lowest BCUT2D eigenvalue weighted by Gasteiger charge is -2.46. The molecule has 0 spiro atoms. The third kappa shape index (κ3) is 8.21. The Morgan fingerprint density at radius 2 is 1.60 bits per heavy atom. The van der Waals surface area contributed by atoms with Crippen LogP contribution in [0.2, 0.25) is 0 Å². The van der Waals surface area contributed by atoms with Gasteiger partial charge in [-0.15, -0.1) is 0 Å². The summed E-state index contributed by atoms with van der Waals surface area (Å²) in [5.74, 6) is -1.53. The first-order valence-corrected chi connectivity index (χ1v) is 14.1. The molecule has 15 heteroatoms. The number of carbonyl (C=O) groups excluding carboxylic acids is 1. The van der Waals surface area contributed by atoms with Gasteiger partial charge in [-0.2, -0.15) is 0 Å². The summed E-state index contributed by atoms with van der Waals surface area (Å²) >= 11 is 0. The highest BCUT2D eigenvalue weighted by Gasteiger charge is 2.52. The average molecular weight is 639 g/mol. The van der Waals surface area contributed by atoms with E-state index in [1.54, 1.807) is 12.1 Å². The van der Waals surface area contributed by atoms with Crippen LogP contribution in [0.5, 0.6) is 23.0 Å². The fourth-order valence-corrected chi connectivity index (χ4v) is 4.91. The largest absolute Gasteiger partial charge is 0.504 e. The van der Waals surface area contributed by atoms with E-state index in [0.29, 0.717) is 12.0 Å². The van der Waals surface area contributed by atoms with Crippen molar-refractivity contribution in [1.29, 1.82) is 0 Å². The van der Waals surface area contributed by atoms with Gasteiger partial charge in [-0.25, -0.2) is 4.79 Å². The van der Waals surface area contributed by atoms with Crippen molar-refractivity contribution in [2.24, 2.45) is 0 Å². The van der Waals surface area contributed by atoms with E-state index in [0.717, 1.165) is 11.6 Å². The number of benzene rings is 2. The Labute approximate surface area is 258 Å². The molecule has 248 valence electrons. The van der Waals surface area contributed by atoms with Crippen LogP contribution in [-0.2, 0) is 34.9 Å². The van der Waals surface area contributed by atoms with Crippen LogP contribution in [-0.4, -0.2) is 129 Å². The molecule has 2 saturated heterocycles. The fourth-order valence-electron chi connectivity index (χ4n) is 4.91. The summed E-state index contributed by atoms with van der Waals surface area (Å²) in [4.78, 5) is 12.8. The smallest absolute Gasteiger partial charge is 0.331 e. The van der Waals surface area contributed by atoms with E-state index in [9.17, 15) is 45.6 Å². The van der Waals surface area contributed by atoms with Crippen LogP contribution in [0, 0.1) is 0 Å². The lowest BCUT2D eigenvalue weighted by atomic mass is 9.97. The van der Waals surface area contributed by atoms with Crippen molar-refractivity contribution in [3.8, 4) is 23.0 Å². The minimum Gasteiger partial charge on any atom is -0.504 e. The molecule has 2 aromatic rings. The number of aliphatic hydroxyl groups excluding tert-OH is 5. The number of esters is 1. The molecule has 4 rings (SSSR count).